The molecule has 8 nitrogen and oxygen atoms in total. The third-order valence-electron chi connectivity index (χ3n) is 5.13. The van der Waals surface area contributed by atoms with Crippen molar-refractivity contribution >= 4 is 11.6 Å². The van der Waals surface area contributed by atoms with E-state index in [1.54, 1.807) is 13.0 Å². The van der Waals surface area contributed by atoms with Crippen molar-refractivity contribution in [2.24, 2.45) is 0 Å². The number of rotatable bonds is 8. The minimum Gasteiger partial charge on any atom is -0.380 e. The molecule has 0 saturated carbocycles. The highest BCUT2D eigenvalue weighted by atomic mass is 35.5. The molecule has 1 N–H and O–H groups in total. The summed E-state index contributed by atoms with van der Waals surface area (Å²) >= 11 is 5.70. The topological polar surface area (TPSA) is 90.9 Å². The summed E-state index contributed by atoms with van der Waals surface area (Å²) in [6.45, 7) is 1.24. The predicted octanol–water partition coefficient (Wildman–Crippen LogP) is 3.42. The standard InChI is InChI=1S/C21H18ClF3N6O2/c1-13(33-9-15-8-31(29-28-15)16-3-5-18(22)20(25)7-16)21(32,10-30-12-26-11-27-30)17-4-2-14(23)6-19(17)24/h2-8,11-13,32H,9-10H2,1H3/t13-,21-/m1/s1. The average Bonchev–Trinajstić information content (AvgIpc) is 3.46. The van der Waals surface area contributed by atoms with Gasteiger partial charge in [-0.2, -0.15) is 5.10 Å². The van der Waals surface area contributed by atoms with Crippen LogP contribution in [0, 0.1) is 17.5 Å². The number of nitrogens with zero attached hydrogens (tertiary/aromatic N) is 6. The van der Waals surface area contributed by atoms with Gasteiger partial charge in [0.2, 0.25) is 0 Å². The molecule has 2 aromatic heterocycles. The molecule has 4 aromatic rings. The Balaban J connectivity index is 1.54. The van der Waals surface area contributed by atoms with Gasteiger partial charge < -0.3 is 9.84 Å². The van der Waals surface area contributed by atoms with E-state index in [9.17, 15) is 18.3 Å². The van der Waals surface area contributed by atoms with Crippen molar-refractivity contribution in [2.75, 3.05) is 0 Å². The Morgan fingerprint density at radius 2 is 1.97 bits per heavy atom. The molecule has 0 bridgehead atoms. The lowest BCUT2D eigenvalue weighted by atomic mass is 9.88. The highest BCUT2D eigenvalue weighted by Gasteiger charge is 2.40. The predicted molar refractivity (Wildman–Crippen MR) is 111 cm³/mol. The first-order valence-electron chi connectivity index (χ1n) is 9.75. The second-order valence-corrected chi connectivity index (χ2v) is 7.75. The van der Waals surface area contributed by atoms with E-state index >= 15 is 0 Å². The molecule has 12 heteroatoms. The van der Waals surface area contributed by atoms with Crippen molar-refractivity contribution in [1.29, 1.82) is 0 Å². The fourth-order valence-electron chi connectivity index (χ4n) is 3.30. The van der Waals surface area contributed by atoms with Crippen LogP contribution in [0.4, 0.5) is 13.2 Å². The highest BCUT2D eigenvalue weighted by molar-refractivity contribution is 6.30. The van der Waals surface area contributed by atoms with Crippen molar-refractivity contribution in [1.82, 2.24) is 29.8 Å². The van der Waals surface area contributed by atoms with Crippen molar-refractivity contribution < 1.29 is 23.0 Å². The Kier molecular flexibility index (Phi) is 6.45. The number of halogens is 4. The van der Waals surface area contributed by atoms with Gasteiger partial charge in [-0.1, -0.05) is 22.9 Å². The van der Waals surface area contributed by atoms with Crippen LogP contribution in [-0.4, -0.2) is 41.0 Å². The van der Waals surface area contributed by atoms with Gasteiger partial charge in [-0.15, -0.1) is 5.10 Å². The molecular formula is C21H18ClF3N6O2. The molecule has 0 radical (unpaired) electrons. The minimum absolute atomic E-state index is 0.0176. The molecular weight excluding hydrogens is 461 g/mol. The van der Waals surface area contributed by atoms with Crippen LogP contribution in [0.2, 0.25) is 5.02 Å². The zero-order valence-corrected chi connectivity index (χ0v) is 18.0. The van der Waals surface area contributed by atoms with E-state index in [2.05, 4.69) is 20.4 Å². The Morgan fingerprint density at radius 3 is 2.67 bits per heavy atom. The second-order valence-electron chi connectivity index (χ2n) is 7.35. The van der Waals surface area contributed by atoms with Gasteiger partial charge in [-0.05, 0) is 25.1 Å². The summed E-state index contributed by atoms with van der Waals surface area (Å²) in [4.78, 5) is 3.82. The van der Waals surface area contributed by atoms with Crippen molar-refractivity contribution in [2.45, 2.75) is 31.8 Å². The number of ether oxygens (including phenoxy) is 1. The molecule has 2 aromatic carbocycles. The lowest BCUT2D eigenvalue weighted by Gasteiger charge is -2.34. The fourth-order valence-corrected chi connectivity index (χ4v) is 3.42. The summed E-state index contributed by atoms with van der Waals surface area (Å²) in [5, 5.41) is 23.3. The Morgan fingerprint density at radius 1 is 1.15 bits per heavy atom. The molecule has 4 rings (SSSR count). The molecule has 0 fully saturated rings. The molecule has 2 heterocycles. The van der Waals surface area contributed by atoms with Gasteiger partial charge in [0, 0.05) is 17.7 Å². The number of hydrogen-bond acceptors (Lipinski definition) is 6. The molecule has 0 aliphatic rings. The number of hydrogen-bond donors (Lipinski definition) is 1. The normalized spacial score (nSPS) is 14.2. The van der Waals surface area contributed by atoms with Crippen molar-refractivity contribution in [3.63, 3.8) is 0 Å². The molecule has 0 amide bonds. The maximum absolute atomic E-state index is 14.6. The lowest BCUT2D eigenvalue weighted by Crippen LogP contribution is -2.44. The van der Waals surface area contributed by atoms with Crippen LogP contribution in [0.5, 0.6) is 0 Å². The zero-order valence-electron chi connectivity index (χ0n) is 17.2. The third-order valence-corrected chi connectivity index (χ3v) is 5.44. The van der Waals surface area contributed by atoms with Gasteiger partial charge in [0.15, 0.2) is 0 Å². The molecule has 0 aliphatic carbocycles. The van der Waals surface area contributed by atoms with Crippen LogP contribution < -0.4 is 0 Å². The van der Waals surface area contributed by atoms with E-state index in [4.69, 9.17) is 16.3 Å². The summed E-state index contributed by atoms with van der Waals surface area (Å²) in [6, 6.07) is 7.07. The smallest absolute Gasteiger partial charge is 0.143 e. The number of aliphatic hydroxyl groups is 1. The van der Waals surface area contributed by atoms with Crippen LogP contribution in [0.1, 0.15) is 18.2 Å². The SMILES string of the molecule is C[C@@H](OCc1cn(-c2ccc(Cl)c(F)c2)nn1)[C@](O)(Cn1cncn1)c1ccc(F)cc1F. The van der Waals surface area contributed by atoms with Crippen LogP contribution in [0.3, 0.4) is 0 Å². The Hall–Kier alpha value is -3.28. The minimum atomic E-state index is -1.92. The molecule has 0 aliphatic heterocycles. The van der Waals surface area contributed by atoms with Gasteiger partial charge in [0.05, 0.1) is 36.2 Å². The zero-order chi connectivity index (χ0) is 23.6. The molecule has 0 saturated heterocycles. The van der Waals surface area contributed by atoms with Gasteiger partial charge in [0.25, 0.3) is 0 Å². The largest absolute Gasteiger partial charge is 0.380 e. The number of benzene rings is 2. The highest BCUT2D eigenvalue weighted by Crippen LogP contribution is 2.32. The van der Waals surface area contributed by atoms with E-state index < -0.39 is 29.2 Å². The first-order valence-corrected chi connectivity index (χ1v) is 10.1. The first-order chi connectivity index (χ1) is 15.8. The van der Waals surface area contributed by atoms with E-state index in [1.807, 2.05) is 0 Å². The lowest BCUT2D eigenvalue weighted by molar-refractivity contribution is -0.124. The molecule has 172 valence electrons. The first kappa shape index (κ1) is 22.9. The third kappa shape index (κ3) is 4.90. The molecule has 0 spiro atoms. The fraction of sp³-hybridized carbons (Fsp3) is 0.238. The number of aromatic nitrogens is 6. The van der Waals surface area contributed by atoms with Crippen LogP contribution >= 0.6 is 11.6 Å². The summed E-state index contributed by atoms with van der Waals surface area (Å²) in [5.74, 6) is -2.30. The van der Waals surface area contributed by atoms with Crippen LogP contribution in [0.25, 0.3) is 5.69 Å². The molecule has 2 atom stereocenters. The van der Waals surface area contributed by atoms with E-state index in [-0.39, 0.29) is 23.7 Å². The van der Waals surface area contributed by atoms with Crippen LogP contribution in [-0.2, 0) is 23.5 Å². The van der Waals surface area contributed by atoms with E-state index in [1.165, 1.54) is 40.3 Å². The second kappa shape index (κ2) is 9.30. The summed E-state index contributed by atoms with van der Waals surface area (Å²) in [5.41, 5.74) is -1.30. The van der Waals surface area contributed by atoms with Crippen LogP contribution in [0.15, 0.2) is 55.2 Å². The maximum atomic E-state index is 14.6. The van der Waals surface area contributed by atoms with E-state index in [0.29, 0.717) is 17.4 Å². The van der Waals surface area contributed by atoms with Gasteiger partial charge in [-0.3, -0.25) is 0 Å². The molecule has 0 unspecified atom stereocenters. The maximum Gasteiger partial charge on any atom is 0.143 e. The Labute approximate surface area is 191 Å². The van der Waals surface area contributed by atoms with Crippen molar-refractivity contribution in [3.05, 3.63) is 89.0 Å². The van der Waals surface area contributed by atoms with E-state index in [0.717, 1.165) is 12.1 Å². The van der Waals surface area contributed by atoms with Crippen molar-refractivity contribution in [3.8, 4) is 5.69 Å². The van der Waals surface area contributed by atoms with Gasteiger partial charge in [-0.25, -0.2) is 27.5 Å². The quantitative estimate of drug-likeness (QED) is 0.417. The van der Waals surface area contributed by atoms with Gasteiger partial charge >= 0.3 is 0 Å². The van der Waals surface area contributed by atoms with Gasteiger partial charge in [0.1, 0.15) is 41.4 Å². The average molecular weight is 479 g/mol. The monoisotopic (exact) mass is 478 g/mol. The summed E-state index contributed by atoms with van der Waals surface area (Å²) < 4.78 is 50.2. The molecule has 33 heavy (non-hydrogen) atoms. The summed E-state index contributed by atoms with van der Waals surface area (Å²) in [6.07, 6.45) is 3.16. The summed E-state index contributed by atoms with van der Waals surface area (Å²) in [7, 11) is 0. The Bertz CT molecular complexity index is 1250.